The van der Waals surface area contributed by atoms with E-state index in [1.54, 1.807) is 0 Å². The molecule has 0 bridgehead atoms. The number of esters is 1. The number of nitrogens with one attached hydrogen (secondary N) is 1. The third-order valence-electron chi connectivity index (χ3n) is 4.28. The van der Waals surface area contributed by atoms with Crippen LogP contribution in [0.2, 0.25) is 0 Å². The first-order chi connectivity index (χ1) is 11.5. The van der Waals surface area contributed by atoms with E-state index in [-0.39, 0.29) is 29.5 Å². The molecule has 2 heterocycles. The SMILES string of the molecule is CC(C)CC1OC(=O)C(C(=O)CCc2c[nH]c3ccccc23)=C1O. The van der Waals surface area contributed by atoms with Crippen LogP contribution in [0.4, 0.5) is 0 Å². The molecule has 0 radical (unpaired) electrons. The molecule has 1 aromatic carbocycles. The van der Waals surface area contributed by atoms with Gasteiger partial charge in [-0.25, -0.2) is 4.79 Å². The van der Waals surface area contributed by atoms with Gasteiger partial charge in [0.05, 0.1) is 0 Å². The van der Waals surface area contributed by atoms with E-state index >= 15 is 0 Å². The molecule has 0 saturated heterocycles. The minimum atomic E-state index is -0.706. The van der Waals surface area contributed by atoms with Crippen LogP contribution in [0, 0.1) is 5.92 Å². The zero-order valence-corrected chi connectivity index (χ0v) is 13.8. The van der Waals surface area contributed by atoms with Crippen molar-refractivity contribution in [2.75, 3.05) is 0 Å². The highest BCUT2D eigenvalue weighted by molar-refractivity contribution is 6.19. The smallest absolute Gasteiger partial charge is 0.346 e. The predicted molar refractivity (Wildman–Crippen MR) is 90.6 cm³/mol. The molecular formula is C19H21NO4. The first-order valence-electron chi connectivity index (χ1n) is 8.19. The maximum Gasteiger partial charge on any atom is 0.346 e. The molecule has 24 heavy (non-hydrogen) atoms. The van der Waals surface area contributed by atoms with Crippen molar-refractivity contribution in [2.45, 2.75) is 39.2 Å². The van der Waals surface area contributed by atoms with E-state index in [2.05, 4.69) is 4.98 Å². The molecule has 0 amide bonds. The number of rotatable bonds is 6. The Morgan fingerprint density at radius 1 is 1.33 bits per heavy atom. The number of aliphatic hydroxyl groups is 1. The molecule has 5 nitrogen and oxygen atoms in total. The number of ether oxygens (including phenoxy) is 1. The fourth-order valence-corrected chi connectivity index (χ4v) is 3.07. The van der Waals surface area contributed by atoms with Gasteiger partial charge in [-0.1, -0.05) is 32.0 Å². The molecule has 0 fully saturated rings. The third kappa shape index (κ3) is 3.07. The highest BCUT2D eigenvalue weighted by Crippen LogP contribution is 2.27. The van der Waals surface area contributed by atoms with Gasteiger partial charge >= 0.3 is 5.97 Å². The number of benzene rings is 1. The van der Waals surface area contributed by atoms with E-state index in [0.717, 1.165) is 16.5 Å². The number of cyclic esters (lactones) is 1. The molecule has 0 spiro atoms. The number of para-hydroxylation sites is 1. The number of aryl methyl sites for hydroxylation is 1. The summed E-state index contributed by atoms with van der Waals surface area (Å²) in [6.07, 6.45) is 2.36. The van der Waals surface area contributed by atoms with E-state index < -0.39 is 12.1 Å². The molecule has 126 valence electrons. The predicted octanol–water partition coefficient (Wildman–Crippen LogP) is 3.45. The van der Waals surface area contributed by atoms with Gasteiger partial charge in [0, 0.05) is 23.5 Å². The number of aromatic nitrogens is 1. The Bertz CT molecular complexity index is 816. The topological polar surface area (TPSA) is 79.4 Å². The van der Waals surface area contributed by atoms with Gasteiger partial charge in [-0.3, -0.25) is 4.79 Å². The summed E-state index contributed by atoms with van der Waals surface area (Å²) in [6.45, 7) is 3.94. The second-order valence-corrected chi connectivity index (χ2v) is 6.57. The summed E-state index contributed by atoms with van der Waals surface area (Å²) in [6, 6.07) is 7.85. The van der Waals surface area contributed by atoms with Crippen LogP contribution in [0.1, 0.15) is 32.3 Å². The second-order valence-electron chi connectivity index (χ2n) is 6.57. The van der Waals surface area contributed by atoms with E-state index in [9.17, 15) is 14.7 Å². The number of carbonyl (C=O) groups is 2. The number of aliphatic hydroxyl groups excluding tert-OH is 1. The Kier molecular flexibility index (Phi) is 4.42. The van der Waals surface area contributed by atoms with E-state index in [1.807, 2.05) is 44.3 Å². The van der Waals surface area contributed by atoms with E-state index in [4.69, 9.17) is 4.74 Å². The van der Waals surface area contributed by atoms with Crippen molar-refractivity contribution in [1.82, 2.24) is 4.98 Å². The van der Waals surface area contributed by atoms with Gasteiger partial charge in [-0.2, -0.15) is 0 Å². The quantitative estimate of drug-likeness (QED) is 0.629. The minimum Gasteiger partial charge on any atom is -0.507 e. The molecule has 1 aliphatic rings. The lowest BCUT2D eigenvalue weighted by Crippen LogP contribution is -2.14. The Hall–Kier alpha value is -2.56. The first kappa shape index (κ1) is 16.3. The van der Waals surface area contributed by atoms with Crippen molar-refractivity contribution in [3.63, 3.8) is 0 Å². The van der Waals surface area contributed by atoms with Crippen LogP contribution in [-0.2, 0) is 20.7 Å². The molecular weight excluding hydrogens is 306 g/mol. The summed E-state index contributed by atoms with van der Waals surface area (Å²) in [5, 5.41) is 11.2. The van der Waals surface area contributed by atoms with Crippen LogP contribution < -0.4 is 0 Å². The fraction of sp³-hybridized carbons (Fsp3) is 0.368. The highest BCUT2D eigenvalue weighted by Gasteiger charge is 2.38. The third-order valence-corrected chi connectivity index (χ3v) is 4.28. The lowest BCUT2D eigenvalue weighted by atomic mass is 9.99. The summed E-state index contributed by atoms with van der Waals surface area (Å²) < 4.78 is 5.14. The van der Waals surface area contributed by atoms with Crippen molar-refractivity contribution in [1.29, 1.82) is 0 Å². The molecule has 5 heteroatoms. The molecule has 2 aromatic rings. The maximum atomic E-state index is 12.4. The van der Waals surface area contributed by atoms with Crippen LogP contribution in [0.3, 0.4) is 0 Å². The summed E-state index contributed by atoms with van der Waals surface area (Å²) in [7, 11) is 0. The van der Waals surface area contributed by atoms with Gasteiger partial charge in [0.15, 0.2) is 17.6 Å². The number of fused-ring (bicyclic) bond motifs is 1. The largest absolute Gasteiger partial charge is 0.507 e. The standard InChI is InChI=1S/C19H21NO4/c1-11(2)9-16-18(22)17(19(23)24-16)15(21)8-7-12-10-20-14-6-4-3-5-13(12)14/h3-6,10-11,16,20,22H,7-9H2,1-2H3. The Balaban J connectivity index is 1.72. The van der Waals surface area contributed by atoms with Gasteiger partial charge in [0.2, 0.25) is 0 Å². The average Bonchev–Trinajstić information content (AvgIpc) is 3.06. The Morgan fingerprint density at radius 2 is 2.08 bits per heavy atom. The van der Waals surface area contributed by atoms with Gasteiger partial charge < -0.3 is 14.8 Å². The van der Waals surface area contributed by atoms with Crippen molar-refractivity contribution in [2.24, 2.45) is 5.92 Å². The molecule has 1 aromatic heterocycles. The maximum absolute atomic E-state index is 12.4. The first-order valence-corrected chi connectivity index (χ1v) is 8.19. The average molecular weight is 327 g/mol. The molecule has 2 N–H and O–H groups in total. The lowest BCUT2D eigenvalue weighted by molar-refractivity contribution is -0.141. The zero-order chi connectivity index (χ0) is 17.3. The van der Waals surface area contributed by atoms with Crippen molar-refractivity contribution in [3.05, 3.63) is 47.4 Å². The number of Topliss-reactive ketones (excluding diaryl/α,β-unsaturated/α-hetero) is 1. The minimum absolute atomic E-state index is 0.157. The van der Waals surface area contributed by atoms with Gasteiger partial charge in [-0.15, -0.1) is 0 Å². The molecule has 1 aliphatic heterocycles. The van der Waals surface area contributed by atoms with Crippen LogP contribution in [0.25, 0.3) is 10.9 Å². The molecule has 0 saturated carbocycles. The highest BCUT2D eigenvalue weighted by atomic mass is 16.6. The number of hydrogen-bond donors (Lipinski definition) is 2. The van der Waals surface area contributed by atoms with Gasteiger partial charge in [0.25, 0.3) is 0 Å². The van der Waals surface area contributed by atoms with Crippen molar-refractivity contribution >= 4 is 22.7 Å². The van der Waals surface area contributed by atoms with E-state index in [1.165, 1.54) is 0 Å². The number of hydrogen-bond acceptors (Lipinski definition) is 4. The van der Waals surface area contributed by atoms with Gasteiger partial charge in [-0.05, 0) is 30.4 Å². The Labute approximate surface area is 140 Å². The van der Waals surface area contributed by atoms with Crippen LogP contribution >= 0.6 is 0 Å². The summed E-state index contributed by atoms with van der Waals surface area (Å²) in [5.41, 5.74) is 1.85. The lowest BCUT2D eigenvalue weighted by Gasteiger charge is -2.11. The van der Waals surface area contributed by atoms with E-state index in [0.29, 0.717) is 12.8 Å². The normalized spacial score (nSPS) is 17.8. The van der Waals surface area contributed by atoms with Crippen LogP contribution in [-0.4, -0.2) is 27.9 Å². The van der Waals surface area contributed by atoms with Crippen LogP contribution in [0.5, 0.6) is 0 Å². The number of carbonyl (C=O) groups excluding carboxylic acids is 2. The summed E-state index contributed by atoms with van der Waals surface area (Å²) >= 11 is 0. The van der Waals surface area contributed by atoms with Crippen molar-refractivity contribution in [3.8, 4) is 0 Å². The molecule has 1 unspecified atom stereocenters. The monoisotopic (exact) mass is 327 g/mol. The van der Waals surface area contributed by atoms with Crippen LogP contribution in [0.15, 0.2) is 41.8 Å². The fourth-order valence-electron chi connectivity index (χ4n) is 3.07. The molecule has 1 atom stereocenters. The number of aromatic amines is 1. The zero-order valence-electron chi connectivity index (χ0n) is 13.8. The second kappa shape index (κ2) is 6.51. The summed E-state index contributed by atoms with van der Waals surface area (Å²) in [5.74, 6) is -1.03. The molecule has 3 rings (SSSR count). The van der Waals surface area contributed by atoms with Crippen molar-refractivity contribution < 1.29 is 19.4 Å². The summed E-state index contributed by atoms with van der Waals surface area (Å²) in [4.78, 5) is 27.5. The Morgan fingerprint density at radius 3 is 2.83 bits per heavy atom. The molecule has 0 aliphatic carbocycles. The number of ketones is 1. The number of H-pyrrole nitrogens is 1. The van der Waals surface area contributed by atoms with Gasteiger partial charge in [0.1, 0.15) is 5.57 Å².